The topological polar surface area (TPSA) is 114 Å². The molecule has 10 heteroatoms. The van der Waals surface area contributed by atoms with Gasteiger partial charge >= 0.3 is 6.09 Å². The van der Waals surface area contributed by atoms with Crippen LogP contribution >= 0.6 is 0 Å². The summed E-state index contributed by atoms with van der Waals surface area (Å²) in [6.45, 7) is 4.30. The minimum absolute atomic E-state index is 0.0893. The first kappa shape index (κ1) is 29.6. The molecular formula is C30H39N3O6S. The highest BCUT2D eigenvalue weighted by Gasteiger charge is 2.36. The van der Waals surface area contributed by atoms with E-state index in [0.717, 1.165) is 44.1 Å². The summed E-state index contributed by atoms with van der Waals surface area (Å²) in [5, 5.41) is 5.78. The molecule has 2 atom stereocenters. The molecule has 2 aromatic carbocycles. The Labute approximate surface area is 237 Å². The molecule has 2 aliphatic rings. The van der Waals surface area contributed by atoms with Crippen molar-refractivity contribution >= 4 is 22.0 Å². The number of ether oxygens (including phenoxy) is 2. The average molecular weight is 570 g/mol. The molecule has 4 rings (SSSR count). The van der Waals surface area contributed by atoms with Gasteiger partial charge in [-0.3, -0.25) is 4.79 Å². The van der Waals surface area contributed by atoms with Gasteiger partial charge in [0.25, 0.3) is 0 Å². The molecule has 0 radical (unpaired) electrons. The van der Waals surface area contributed by atoms with Gasteiger partial charge in [0.2, 0.25) is 15.9 Å². The van der Waals surface area contributed by atoms with E-state index in [1.165, 1.54) is 16.4 Å². The first-order valence-electron chi connectivity index (χ1n) is 14.0. The number of benzene rings is 2. The Morgan fingerprint density at radius 2 is 1.65 bits per heavy atom. The lowest BCUT2D eigenvalue weighted by Crippen LogP contribution is -2.53. The zero-order valence-electron chi connectivity index (χ0n) is 22.8. The third kappa shape index (κ3) is 8.08. The molecule has 0 unspecified atom stereocenters. The van der Waals surface area contributed by atoms with E-state index in [1.54, 1.807) is 24.3 Å². The summed E-state index contributed by atoms with van der Waals surface area (Å²) in [5.41, 5.74) is 0.881. The van der Waals surface area contributed by atoms with Crippen LogP contribution in [-0.2, 0) is 26.0 Å². The number of sulfonamides is 1. The summed E-state index contributed by atoms with van der Waals surface area (Å²) < 4.78 is 39.1. The van der Waals surface area contributed by atoms with E-state index in [-0.39, 0.29) is 23.3 Å². The van der Waals surface area contributed by atoms with E-state index in [0.29, 0.717) is 31.6 Å². The molecule has 1 aliphatic carbocycles. The van der Waals surface area contributed by atoms with Gasteiger partial charge in [-0.1, -0.05) is 62.2 Å². The molecule has 9 nitrogen and oxygen atoms in total. The normalized spacial score (nSPS) is 19.2. The van der Waals surface area contributed by atoms with Crippen molar-refractivity contribution in [1.29, 1.82) is 0 Å². The molecule has 0 aromatic heterocycles. The van der Waals surface area contributed by atoms with Crippen LogP contribution in [0.3, 0.4) is 0 Å². The number of carbonyl (C=O) groups excluding carboxylic acids is 2. The Kier molecular flexibility index (Phi) is 10.6. The maximum atomic E-state index is 13.3. The van der Waals surface area contributed by atoms with Gasteiger partial charge in [0.05, 0.1) is 4.90 Å². The minimum Gasteiger partial charge on any atom is -0.490 e. The predicted octanol–water partition coefficient (Wildman–Crippen LogP) is 4.74. The van der Waals surface area contributed by atoms with Crippen molar-refractivity contribution in [3.8, 4) is 5.75 Å². The second kappa shape index (κ2) is 14.3. The summed E-state index contributed by atoms with van der Waals surface area (Å²) in [5.74, 6) is 0.506. The number of amides is 2. The zero-order valence-corrected chi connectivity index (χ0v) is 23.6. The molecule has 0 bridgehead atoms. The Bertz CT molecular complexity index is 1230. The highest BCUT2D eigenvalue weighted by Crippen LogP contribution is 2.27. The number of hydrogen-bond acceptors (Lipinski definition) is 6. The molecule has 2 N–H and O–H groups in total. The van der Waals surface area contributed by atoms with Crippen LogP contribution in [0.25, 0.3) is 0 Å². The SMILES string of the molecule is C=CCOc1ccc(C[C@H](NC(=O)O[C@H]2CCCCN2S(=O)(=O)c2ccccc2)NC(=O)C2CCCCC2)cc1. The summed E-state index contributed by atoms with van der Waals surface area (Å²) >= 11 is 0. The van der Waals surface area contributed by atoms with Crippen LogP contribution in [0.1, 0.15) is 56.9 Å². The average Bonchev–Trinajstić information content (AvgIpc) is 2.98. The smallest absolute Gasteiger partial charge is 0.410 e. The summed E-state index contributed by atoms with van der Waals surface area (Å²) in [6, 6.07) is 15.5. The molecule has 1 saturated heterocycles. The highest BCUT2D eigenvalue weighted by atomic mass is 32.2. The van der Waals surface area contributed by atoms with Gasteiger partial charge in [0.15, 0.2) is 6.23 Å². The van der Waals surface area contributed by atoms with Crippen molar-refractivity contribution in [2.24, 2.45) is 5.92 Å². The molecule has 216 valence electrons. The second-order valence-electron chi connectivity index (χ2n) is 10.3. The Morgan fingerprint density at radius 1 is 0.950 bits per heavy atom. The molecule has 1 saturated carbocycles. The molecule has 1 aliphatic heterocycles. The van der Waals surface area contributed by atoms with Crippen molar-refractivity contribution in [3.05, 3.63) is 72.8 Å². The summed E-state index contributed by atoms with van der Waals surface area (Å²) in [4.78, 5) is 26.3. The number of rotatable bonds is 11. The fourth-order valence-electron chi connectivity index (χ4n) is 5.20. The highest BCUT2D eigenvalue weighted by molar-refractivity contribution is 7.89. The third-order valence-electron chi connectivity index (χ3n) is 7.31. The number of carbonyl (C=O) groups is 2. The summed E-state index contributed by atoms with van der Waals surface area (Å²) in [6.07, 6.45) is 6.16. The van der Waals surface area contributed by atoms with Crippen LogP contribution in [0.2, 0.25) is 0 Å². The number of nitrogens with zero attached hydrogens (tertiary/aromatic N) is 1. The van der Waals surface area contributed by atoms with Gasteiger partial charge < -0.3 is 20.1 Å². The van der Waals surface area contributed by atoms with E-state index < -0.39 is 28.5 Å². The Balaban J connectivity index is 1.45. The van der Waals surface area contributed by atoms with E-state index in [4.69, 9.17) is 9.47 Å². The quantitative estimate of drug-likeness (QED) is 0.298. The molecular weight excluding hydrogens is 530 g/mol. The van der Waals surface area contributed by atoms with E-state index in [1.807, 2.05) is 24.3 Å². The van der Waals surface area contributed by atoms with Crippen molar-refractivity contribution in [1.82, 2.24) is 14.9 Å². The largest absolute Gasteiger partial charge is 0.490 e. The monoisotopic (exact) mass is 569 g/mol. The van der Waals surface area contributed by atoms with Crippen molar-refractivity contribution in [3.63, 3.8) is 0 Å². The minimum atomic E-state index is -3.84. The number of hydrogen-bond donors (Lipinski definition) is 2. The fraction of sp³-hybridized carbons (Fsp3) is 0.467. The van der Waals surface area contributed by atoms with Gasteiger partial charge in [-0.15, -0.1) is 0 Å². The van der Waals surface area contributed by atoms with Gasteiger partial charge in [0.1, 0.15) is 18.5 Å². The standard InChI is InChI=1S/C30H39N3O6S/c1-2-21-38-25-18-16-23(17-19-25)22-27(31-29(34)24-11-5-3-6-12-24)32-30(35)39-28-15-9-10-20-33(28)40(36,37)26-13-7-4-8-14-26/h2,4,7-8,13-14,16-19,24,27-28H,1,3,5-6,9-12,15,20-22H2,(H,31,34)(H,32,35)/t27-,28-/m0/s1. The zero-order chi connectivity index (χ0) is 28.4. The molecule has 2 fully saturated rings. The number of nitrogens with one attached hydrogen (secondary N) is 2. The maximum Gasteiger partial charge on any atom is 0.410 e. The van der Waals surface area contributed by atoms with Crippen molar-refractivity contribution in [2.45, 2.75) is 75.1 Å². The van der Waals surface area contributed by atoms with Crippen LogP contribution in [0.5, 0.6) is 5.75 Å². The molecule has 40 heavy (non-hydrogen) atoms. The maximum absolute atomic E-state index is 13.3. The molecule has 2 amide bonds. The third-order valence-corrected chi connectivity index (χ3v) is 9.21. The van der Waals surface area contributed by atoms with E-state index in [2.05, 4.69) is 17.2 Å². The van der Waals surface area contributed by atoms with Crippen LogP contribution in [0.4, 0.5) is 4.79 Å². The molecule has 0 spiro atoms. The van der Waals surface area contributed by atoms with Gasteiger partial charge in [-0.2, -0.15) is 4.31 Å². The van der Waals surface area contributed by atoms with Crippen molar-refractivity contribution in [2.75, 3.05) is 13.2 Å². The lowest BCUT2D eigenvalue weighted by Gasteiger charge is -2.34. The Hall–Kier alpha value is -3.37. The molecule has 2 aromatic rings. The van der Waals surface area contributed by atoms with Gasteiger partial charge in [-0.25, -0.2) is 13.2 Å². The predicted molar refractivity (Wildman–Crippen MR) is 152 cm³/mol. The second-order valence-corrected chi connectivity index (χ2v) is 12.2. The van der Waals surface area contributed by atoms with Crippen LogP contribution in [-0.4, -0.2) is 50.3 Å². The van der Waals surface area contributed by atoms with Crippen LogP contribution in [0.15, 0.2) is 72.1 Å². The molecule has 1 heterocycles. The van der Waals surface area contributed by atoms with Gasteiger partial charge in [0, 0.05) is 18.9 Å². The number of piperidine rings is 1. The summed E-state index contributed by atoms with van der Waals surface area (Å²) in [7, 11) is -3.84. The van der Waals surface area contributed by atoms with Crippen LogP contribution < -0.4 is 15.4 Å². The first-order chi connectivity index (χ1) is 19.4. The van der Waals surface area contributed by atoms with Crippen LogP contribution in [0, 0.1) is 5.92 Å². The van der Waals surface area contributed by atoms with E-state index >= 15 is 0 Å². The van der Waals surface area contributed by atoms with Crippen molar-refractivity contribution < 1.29 is 27.5 Å². The fourth-order valence-corrected chi connectivity index (χ4v) is 6.80. The number of alkyl carbamates (subject to hydrolysis) is 1. The first-order valence-corrected chi connectivity index (χ1v) is 15.5. The lowest BCUT2D eigenvalue weighted by molar-refractivity contribution is -0.126. The lowest BCUT2D eigenvalue weighted by atomic mass is 9.88. The Morgan fingerprint density at radius 3 is 2.35 bits per heavy atom. The van der Waals surface area contributed by atoms with E-state index in [9.17, 15) is 18.0 Å². The van der Waals surface area contributed by atoms with Gasteiger partial charge in [-0.05, 0) is 61.9 Å².